The van der Waals surface area contributed by atoms with Crippen molar-refractivity contribution in [3.05, 3.63) is 47.0 Å². The van der Waals surface area contributed by atoms with Crippen molar-refractivity contribution in [2.45, 2.75) is 50.6 Å². The molecule has 2 atom stereocenters. The van der Waals surface area contributed by atoms with E-state index in [0.717, 1.165) is 12.8 Å². The molecular formula is C24H29ClF3N3O3. The number of anilines is 1. The lowest BCUT2D eigenvalue weighted by atomic mass is 9.94. The first-order valence-electron chi connectivity index (χ1n) is 11.2. The largest absolute Gasteiger partial charge is 0.523 e. The molecule has 0 spiro atoms. The number of carbonyl (C=O) groups excluding carboxylic acids is 2. The maximum absolute atomic E-state index is 13.0. The van der Waals surface area contributed by atoms with Gasteiger partial charge in [-0.05, 0) is 63.0 Å². The summed E-state index contributed by atoms with van der Waals surface area (Å²) in [6.07, 6.45) is 1.49. The van der Waals surface area contributed by atoms with Gasteiger partial charge < -0.3 is 15.1 Å². The monoisotopic (exact) mass is 499 g/mol. The summed E-state index contributed by atoms with van der Waals surface area (Å²) >= 11 is 6.40. The zero-order chi connectivity index (χ0) is 24.9. The number of ether oxygens (including phenoxy) is 1. The lowest BCUT2D eigenvalue weighted by Crippen LogP contribution is -2.50. The fourth-order valence-corrected chi connectivity index (χ4v) is 4.45. The van der Waals surface area contributed by atoms with Crippen molar-refractivity contribution in [1.82, 2.24) is 9.80 Å². The molecule has 1 aromatic carbocycles. The molecule has 1 aliphatic heterocycles. The number of hydrogen-bond acceptors (Lipinski definition) is 4. The zero-order valence-corrected chi connectivity index (χ0v) is 20.0. The summed E-state index contributed by atoms with van der Waals surface area (Å²) in [4.78, 5) is 29.2. The molecule has 3 rings (SSSR count). The van der Waals surface area contributed by atoms with Gasteiger partial charge in [0.25, 0.3) is 0 Å². The quantitative estimate of drug-likeness (QED) is 0.582. The minimum Gasteiger partial charge on any atom is -0.331 e. The first-order valence-corrected chi connectivity index (χ1v) is 11.6. The van der Waals surface area contributed by atoms with Gasteiger partial charge in [0.05, 0.1) is 11.1 Å². The average Bonchev–Trinajstić information content (AvgIpc) is 2.77. The maximum atomic E-state index is 13.0. The number of halogens is 4. The second kappa shape index (κ2) is 11.4. The lowest BCUT2D eigenvalue weighted by Gasteiger charge is -2.35. The Bertz CT molecular complexity index is 963. The van der Waals surface area contributed by atoms with E-state index in [1.54, 1.807) is 35.3 Å². The minimum absolute atomic E-state index is 0.0603. The van der Waals surface area contributed by atoms with E-state index in [2.05, 4.69) is 10.1 Å². The summed E-state index contributed by atoms with van der Waals surface area (Å²) in [6, 6.07) is 4.08. The number of hydrogen-bond donors (Lipinski definition) is 1. The SMILES string of the molecule is CN(C)CCC(=O)N1CCCC[C@@H]1C(=O)Nc1ccc(C2=CC=CCC2OC(F)(F)F)c(Cl)c1. The summed E-state index contributed by atoms with van der Waals surface area (Å²) < 4.78 is 42.7. The maximum Gasteiger partial charge on any atom is 0.523 e. The van der Waals surface area contributed by atoms with E-state index >= 15 is 0 Å². The molecule has 10 heteroatoms. The van der Waals surface area contributed by atoms with Crippen molar-refractivity contribution in [3.8, 4) is 0 Å². The predicted octanol–water partition coefficient (Wildman–Crippen LogP) is 4.86. The Balaban J connectivity index is 1.72. The summed E-state index contributed by atoms with van der Waals surface area (Å²) in [7, 11) is 3.77. The van der Waals surface area contributed by atoms with Crippen LogP contribution in [0.1, 0.15) is 37.7 Å². The van der Waals surface area contributed by atoms with Gasteiger partial charge in [-0.25, -0.2) is 0 Å². The van der Waals surface area contributed by atoms with Crippen LogP contribution >= 0.6 is 11.6 Å². The summed E-state index contributed by atoms with van der Waals surface area (Å²) in [5.74, 6) is -0.366. The van der Waals surface area contributed by atoms with Gasteiger partial charge in [-0.3, -0.25) is 14.3 Å². The molecule has 1 aromatic rings. The standard InChI is InChI=1S/C24H29ClF3N3O3/c1-30(2)14-12-22(32)31-13-6-5-8-20(31)23(33)29-16-10-11-17(19(25)15-16)18-7-3-4-9-21(18)34-24(26,27)28/h3-4,7,10-11,15,20-21H,5-6,8-9,12-14H2,1-2H3,(H,29,33)/t20-,21?/m1/s1. The number of piperidine rings is 1. The van der Waals surface area contributed by atoms with Crippen LogP contribution in [0.25, 0.3) is 5.57 Å². The van der Waals surface area contributed by atoms with Gasteiger partial charge in [-0.2, -0.15) is 0 Å². The minimum atomic E-state index is -4.77. The number of carbonyl (C=O) groups is 2. The molecule has 1 heterocycles. The third kappa shape index (κ3) is 7.07. The van der Waals surface area contributed by atoms with Crippen LogP contribution in [0.15, 0.2) is 36.4 Å². The van der Waals surface area contributed by atoms with E-state index < -0.39 is 18.5 Å². The molecule has 1 N–H and O–H groups in total. The number of amides is 2. The van der Waals surface area contributed by atoms with E-state index in [1.165, 1.54) is 6.07 Å². The Morgan fingerprint density at radius 3 is 2.71 bits per heavy atom. The Hall–Kier alpha value is -2.36. The van der Waals surface area contributed by atoms with E-state index in [0.29, 0.717) is 42.8 Å². The molecule has 0 bridgehead atoms. The highest BCUT2D eigenvalue weighted by molar-refractivity contribution is 6.32. The fraction of sp³-hybridized carbons (Fsp3) is 0.500. The Morgan fingerprint density at radius 2 is 2.03 bits per heavy atom. The third-order valence-corrected chi connectivity index (χ3v) is 6.14. The predicted molar refractivity (Wildman–Crippen MR) is 125 cm³/mol. The van der Waals surface area contributed by atoms with Gasteiger partial charge in [0.1, 0.15) is 6.04 Å². The topological polar surface area (TPSA) is 61.9 Å². The van der Waals surface area contributed by atoms with Crippen LogP contribution in [0.5, 0.6) is 0 Å². The molecule has 0 aromatic heterocycles. The van der Waals surface area contributed by atoms with Gasteiger partial charge in [0.15, 0.2) is 0 Å². The molecule has 2 amide bonds. The molecule has 0 saturated carbocycles. The van der Waals surface area contributed by atoms with Crippen molar-refractivity contribution >= 4 is 34.7 Å². The molecule has 186 valence electrons. The van der Waals surface area contributed by atoms with Crippen molar-refractivity contribution in [1.29, 1.82) is 0 Å². The molecule has 1 saturated heterocycles. The Morgan fingerprint density at radius 1 is 1.26 bits per heavy atom. The van der Waals surface area contributed by atoms with Crippen LogP contribution in [0.2, 0.25) is 5.02 Å². The second-order valence-corrected chi connectivity index (χ2v) is 9.08. The fourth-order valence-electron chi connectivity index (χ4n) is 4.16. The van der Waals surface area contributed by atoms with Crippen molar-refractivity contribution in [2.75, 3.05) is 32.5 Å². The van der Waals surface area contributed by atoms with Gasteiger partial charge in [-0.1, -0.05) is 35.9 Å². The summed E-state index contributed by atoms with van der Waals surface area (Å²) in [5.41, 5.74) is 1.12. The van der Waals surface area contributed by atoms with Gasteiger partial charge in [0, 0.05) is 25.2 Å². The van der Waals surface area contributed by atoms with E-state index in [1.807, 2.05) is 19.0 Å². The summed E-state index contributed by atoms with van der Waals surface area (Å²) in [6.45, 7) is 1.14. The van der Waals surface area contributed by atoms with Crippen molar-refractivity contribution in [2.24, 2.45) is 0 Å². The van der Waals surface area contributed by atoms with Crippen LogP contribution in [0.3, 0.4) is 0 Å². The zero-order valence-electron chi connectivity index (χ0n) is 19.2. The van der Waals surface area contributed by atoms with Gasteiger partial charge in [-0.15, -0.1) is 13.2 Å². The van der Waals surface area contributed by atoms with Crippen LogP contribution < -0.4 is 5.32 Å². The van der Waals surface area contributed by atoms with E-state index in [-0.39, 0.29) is 23.3 Å². The molecule has 1 fully saturated rings. The average molecular weight is 500 g/mol. The number of rotatable bonds is 7. The highest BCUT2D eigenvalue weighted by atomic mass is 35.5. The number of likely N-dealkylation sites (tertiary alicyclic amines) is 1. The number of allylic oxidation sites excluding steroid dienone is 2. The van der Waals surface area contributed by atoms with Crippen LogP contribution in [0, 0.1) is 0 Å². The molecule has 1 aliphatic carbocycles. The van der Waals surface area contributed by atoms with E-state index in [4.69, 9.17) is 11.6 Å². The molecule has 34 heavy (non-hydrogen) atoms. The highest BCUT2D eigenvalue weighted by Crippen LogP contribution is 2.36. The first-order chi connectivity index (χ1) is 16.0. The number of benzene rings is 1. The van der Waals surface area contributed by atoms with Crippen molar-refractivity contribution < 1.29 is 27.5 Å². The molecular weight excluding hydrogens is 471 g/mol. The molecule has 6 nitrogen and oxygen atoms in total. The van der Waals surface area contributed by atoms with Crippen LogP contribution in [-0.4, -0.2) is 67.3 Å². The van der Waals surface area contributed by atoms with Gasteiger partial charge in [0.2, 0.25) is 11.8 Å². The number of alkyl halides is 3. The van der Waals surface area contributed by atoms with E-state index in [9.17, 15) is 22.8 Å². The van der Waals surface area contributed by atoms with Crippen LogP contribution in [0.4, 0.5) is 18.9 Å². The first kappa shape index (κ1) is 26.2. The number of nitrogens with zero attached hydrogens (tertiary/aromatic N) is 2. The Labute approximate surface area is 202 Å². The number of nitrogens with one attached hydrogen (secondary N) is 1. The molecule has 0 radical (unpaired) electrons. The molecule has 2 aliphatic rings. The third-order valence-electron chi connectivity index (χ3n) is 5.83. The van der Waals surface area contributed by atoms with Gasteiger partial charge >= 0.3 is 6.36 Å². The second-order valence-electron chi connectivity index (χ2n) is 8.67. The molecule has 1 unspecified atom stereocenters. The highest BCUT2D eigenvalue weighted by Gasteiger charge is 2.36. The smallest absolute Gasteiger partial charge is 0.331 e. The van der Waals surface area contributed by atoms with Crippen molar-refractivity contribution in [3.63, 3.8) is 0 Å². The van der Waals surface area contributed by atoms with Crippen LogP contribution in [-0.2, 0) is 14.3 Å². The normalized spacial score (nSPS) is 20.9. The Kier molecular flexibility index (Phi) is 8.78. The summed E-state index contributed by atoms with van der Waals surface area (Å²) in [5, 5.41) is 3.00. The lowest BCUT2D eigenvalue weighted by molar-refractivity contribution is -0.334.